The molecule has 4 nitrogen and oxygen atoms in total. The lowest BCUT2D eigenvalue weighted by Gasteiger charge is -2.17. The third-order valence-corrected chi connectivity index (χ3v) is 5.19. The van der Waals surface area contributed by atoms with E-state index >= 15 is 0 Å². The van der Waals surface area contributed by atoms with Gasteiger partial charge < -0.3 is 5.73 Å². The topological polar surface area (TPSA) is 72.2 Å². The van der Waals surface area contributed by atoms with Crippen LogP contribution >= 0.6 is 12.2 Å². The fraction of sp³-hybridized carbons (Fsp3) is 0.417. The number of thiocarbonyl (C=S) groups is 1. The quantitative estimate of drug-likeness (QED) is 0.813. The molecule has 0 radical (unpaired) electrons. The van der Waals surface area contributed by atoms with E-state index in [4.69, 9.17) is 18.0 Å². The summed E-state index contributed by atoms with van der Waals surface area (Å²) < 4.78 is 26.9. The second kappa shape index (κ2) is 5.67. The third-order valence-electron chi connectivity index (χ3n) is 2.92. The van der Waals surface area contributed by atoms with Gasteiger partial charge in [-0.05, 0) is 37.5 Å². The van der Waals surface area contributed by atoms with Crippen LogP contribution in [0.15, 0.2) is 18.2 Å². The lowest BCUT2D eigenvalue weighted by molar-refractivity contribution is 0.594. The Morgan fingerprint density at radius 3 is 2.56 bits per heavy atom. The summed E-state index contributed by atoms with van der Waals surface area (Å²) in [5.41, 5.74) is 7.97. The molecule has 100 valence electrons. The molecular weight excluding hydrogens is 268 g/mol. The van der Waals surface area contributed by atoms with Crippen LogP contribution in [0.2, 0.25) is 0 Å². The average Bonchev–Trinajstić information content (AvgIpc) is 2.24. The molecule has 3 N–H and O–H groups in total. The van der Waals surface area contributed by atoms with E-state index in [0.717, 1.165) is 11.1 Å². The zero-order valence-corrected chi connectivity index (χ0v) is 12.4. The maximum atomic E-state index is 12.2. The van der Waals surface area contributed by atoms with Crippen molar-refractivity contribution in [2.75, 3.05) is 4.72 Å². The Morgan fingerprint density at radius 2 is 2.06 bits per heavy atom. The maximum Gasteiger partial charge on any atom is 0.242 e. The van der Waals surface area contributed by atoms with Crippen molar-refractivity contribution in [3.8, 4) is 0 Å². The van der Waals surface area contributed by atoms with E-state index in [-0.39, 0.29) is 4.99 Å². The summed E-state index contributed by atoms with van der Waals surface area (Å²) in [5, 5.41) is -0.840. The molecular formula is C12H18N2O2S2. The molecule has 1 unspecified atom stereocenters. The lowest BCUT2D eigenvalue weighted by Crippen LogP contribution is -2.37. The molecule has 0 amide bonds. The third kappa shape index (κ3) is 3.20. The molecule has 6 heteroatoms. The molecule has 18 heavy (non-hydrogen) atoms. The van der Waals surface area contributed by atoms with Crippen LogP contribution < -0.4 is 10.5 Å². The van der Waals surface area contributed by atoms with Crippen LogP contribution in [0.5, 0.6) is 0 Å². The predicted molar refractivity (Wildman–Crippen MR) is 79.3 cm³/mol. The summed E-state index contributed by atoms with van der Waals surface area (Å²) in [6, 6.07) is 5.46. The molecule has 0 saturated heterocycles. The second-order valence-corrected chi connectivity index (χ2v) is 6.53. The fourth-order valence-corrected chi connectivity index (χ4v) is 3.62. The molecule has 0 bridgehead atoms. The minimum Gasteiger partial charge on any atom is -0.392 e. The molecule has 1 rings (SSSR count). The van der Waals surface area contributed by atoms with Crippen LogP contribution in [0.4, 0.5) is 5.69 Å². The smallest absolute Gasteiger partial charge is 0.242 e. The number of aryl methyl sites for hydroxylation is 1. The largest absolute Gasteiger partial charge is 0.392 e. The van der Waals surface area contributed by atoms with E-state index in [1.54, 1.807) is 13.0 Å². The minimum atomic E-state index is -3.58. The van der Waals surface area contributed by atoms with Crippen LogP contribution in [-0.2, 0) is 10.0 Å². The van der Waals surface area contributed by atoms with Crippen LogP contribution in [0.3, 0.4) is 0 Å². The van der Waals surface area contributed by atoms with Crippen LogP contribution in [0.25, 0.3) is 0 Å². The second-order valence-electron chi connectivity index (χ2n) is 4.19. The number of hydrogen-bond acceptors (Lipinski definition) is 3. The summed E-state index contributed by atoms with van der Waals surface area (Å²) in [7, 11) is -3.58. The van der Waals surface area contributed by atoms with Crippen molar-refractivity contribution >= 4 is 32.9 Å². The van der Waals surface area contributed by atoms with Gasteiger partial charge in [0.1, 0.15) is 5.25 Å². The van der Waals surface area contributed by atoms with E-state index in [9.17, 15) is 8.42 Å². The number of nitrogens with one attached hydrogen (secondary N) is 1. The molecule has 1 aromatic rings. The highest BCUT2D eigenvalue weighted by Gasteiger charge is 2.26. The summed E-state index contributed by atoms with van der Waals surface area (Å²) >= 11 is 4.80. The van der Waals surface area contributed by atoms with Gasteiger partial charge >= 0.3 is 0 Å². The number of sulfonamides is 1. The van der Waals surface area contributed by atoms with Crippen molar-refractivity contribution in [1.29, 1.82) is 0 Å². The van der Waals surface area contributed by atoms with Gasteiger partial charge in [0.15, 0.2) is 0 Å². The molecule has 0 aliphatic rings. The van der Waals surface area contributed by atoms with Crippen LogP contribution in [-0.4, -0.2) is 18.7 Å². The Bertz CT molecular complexity index is 553. The van der Waals surface area contributed by atoms with Crippen LogP contribution in [0.1, 0.15) is 24.5 Å². The first-order valence-electron chi connectivity index (χ1n) is 5.66. The Hall–Kier alpha value is -1.14. The van der Waals surface area contributed by atoms with Crippen molar-refractivity contribution < 1.29 is 8.42 Å². The monoisotopic (exact) mass is 286 g/mol. The number of benzene rings is 1. The normalized spacial score (nSPS) is 13.1. The van der Waals surface area contributed by atoms with Gasteiger partial charge in [-0.15, -0.1) is 0 Å². The van der Waals surface area contributed by atoms with Crippen LogP contribution in [0, 0.1) is 13.8 Å². The van der Waals surface area contributed by atoms with Gasteiger partial charge in [-0.25, -0.2) is 8.42 Å². The highest BCUT2D eigenvalue weighted by molar-refractivity contribution is 7.95. The molecule has 0 aliphatic heterocycles. The fourth-order valence-electron chi connectivity index (χ4n) is 1.66. The first-order chi connectivity index (χ1) is 8.29. The number of anilines is 1. The zero-order valence-electron chi connectivity index (χ0n) is 10.7. The Balaban J connectivity index is 3.10. The van der Waals surface area contributed by atoms with Gasteiger partial charge in [-0.1, -0.05) is 31.3 Å². The number of nitrogens with two attached hydrogens (primary N) is 1. The molecule has 0 saturated carbocycles. The Labute approximate surface area is 114 Å². The maximum absolute atomic E-state index is 12.2. The van der Waals surface area contributed by atoms with Gasteiger partial charge in [-0.2, -0.15) is 0 Å². The van der Waals surface area contributed by atoms with E-state index < -0.39 is 15.3 Å². The number of rotatable bonds is 5. The van der Waals surface area contributed by atoms with E-state index in [0.29, 0.717) is 12.1 Å². The van der Waals surface area contributed by atoms with Gasteiger partial charge in [-0.3, -0.25) is 4.72 Å². The zero-order chi connectivity index (χ0) is 13.9. The molecule has 0 aromatic heterocycles. The van der Waals surface area contributed by atoms with Gasteiger partial charge in [0, 0.05) is 0 Å². The first-order valence-corrected chi connectivity index (χ1v) is 7.62. The SMILES string of the molecule is CCC(C(N)=S)S(=O)(=O)Nc1cccc(C)c1C. The first kappa shape index (κ1) is 14.9. The van der Waals surface area contributed by atoms with Crippen molar-refractivity contribution in [1.82, 2.24) is 0 Å². The van der Waals surface area contributed by atoms with E-state index in [2.05, 4.69) is 4.72 Å². The van der Waals surface area contributed by atoms with Crippen molar-refractivity contribution in [3.63, 3.8) is 0 Å². The molecule has 0 fully saturated rings. The van der Waals surface area contributed by atoms with E-state index in [1.807, 2.05) is 26.0 Å². The highest BCUT2D eigenvalue weighted by atomic mass is 32.2. The van der Waals surface area contributed by atoms with E-state index in [1.165, 1.54) is 0 Å². The summed E-state index contributed by atoms with van der Waals surface area (Å²) in [6.45, 7) is 5.54. The van der Waals surface area contributed by atoms with Gasteiger partial charge in [0.05, 0.1) is 10.7 Å². The summed E-state index contributed by atoms with van der Waals surface area (Å²) in [6.07, 6.45) is 0.357. The van der Waals surface area contributed by atoms with Crippen molar-refractivity contribution in [2.24, 2.45) is 5.73 Å². The lowest BCUT2D eigenvalue weighted by atomic mass is 10.1. The molecule has 0 spiro atoms. The minimum absolute atomic E-state index is 0.00435. The standard InChI is InChI=1S/C12H18N2O2S2/c1-4-11(12(13)17)18(15,16)14-10-7-5-6-8(2)9(10)3/h5-7,11,14H,4H2,1-3H3,(H2,13,17). The Kier molecular flexibility index (Phi) is 4.70. The summed E-state index contributed by atoms with van der Waals surface area (Å²) in [4.78, 5) is -0.00435. The van der Waals surface area contributed by atoms with Gasteiger partial charge in [0.2, 0.25) is 10.0 Å². The Morgan fingerprint density at radius 1 is 1.44 bits per heavy atom. The summed E-state index contributed by atoms with van der Waals surface area (Å²) in [5.74, 6) is 0. The number of hydrogen-bond donors (Lipinski definition) is 2. The van der Waals surface area contributed by atoms with Gasteiger partial charge in [0.25, 0.3) is 0 Å². The predicted octanol–water partition coefficient (Wildman–Crippen LogP) is 2.11. The van der Waals surface area contributed by atoms with Crippen molar-refractivity contribution in [2.45, 2.75) is 32.4 Å². The van der Waals surface area contributed by atoms with Crippen molar-refractivity contribution in [3.05, 3.63) is 29.3 Å². The highest BCUT2D eigenvalue weighted by Crippen LogP contribution is 2.21. The average molecular weight is 286 g/mol. The molecule has 0 aliphatic carbocycles. The molecule has 1 aromatic carbocycles. The molecule has 1 atom stereocenters. The molecule has 0 heterocycles.